The molecule has 0 aliphatic carbocycles. The number of nitrogens with one attached hydrogen (secondary N) is 1. The summed E-state index contributed by atoms with van der Waals surface area (Å²) in [5, 5.41) is 3.50. The van der Waals surface area contributed by atoms with Crippen molar-refractivity contribution in [2.45, 2.75) is 38.6 Å². The first-order chi connectivity index (χ1) is 19.2. The van der Waals surface area contributed by atoms with Crippen LogP contribution < -0.4 is 49.1 Å². The number of nitrogens with zero attached hydrogens (tertiary/aromatic N) is 2. The van der Waals surface area contributed by atoms with E-state index in [9.17, 15) is 18.0 Å². The number of aromatic nitrogens is 2. The summed E-state index contributed by atoms with van der Waals surface area (Å²) >= 11 is 0. The van der Waals surface area contributed by atoms with Crippen molar-refractivity contribution < 1.29 is 67.9 Å². The number of anilines is 1. The summed E-state index contributed by atoms with van der Waals surface area (Å²) in [4.78, 5) is 16.0. The van der Waals surface area contributed by atoms with Gasteiger partial charge in [-0.15, -0.1) is 0 Å². The van der Waals surface area contributed by atoms with Gasteiger partial charge in [-0.05, 0) is 30.3 Å². The number of rotatable bonds is 7. The van der Waals surface area contributed by atoms with Gasteiger partial charge in [0.1, 0.15) is 41.8 Å². The van der Waals surface area contributed by atoms with E-state index in [1.165, 1.54) is 13.0 Å². The summed E-state index contributed by atoms with van der Waals surface area (Å²) in [5.41, 5.74) is 4.31. The van der Waals surface area contributed by atoms with E-state index in [2.05, 4.69) is 10.3 Å². The van der Waals surface area contributed by atoms with Crippen molar-refractivity contribution in [2.24, 2.45) is 0 Å². The average Bonchev–Trinajstić information content (AvgIpc) is 3.62. The van der Waals surface area contributed by atoms with Gasteiger partial charge in [-0.1, -0.05) is 25.1 Å². The number of hydrogen-bond donors (Lipinski definition) is 1. The van der Waals surface area contributed by atoms with Crippen LogP contribution in [0.4, 0.5) is 18.9 Å². The number of ether oxygens (including phenoxy) is 4. The Bertz CT molecular complexity index is 1610. The fourth-order valence-electron chi connectivity index (χ4n) is 5.20. The van der Waals surface area contributed by atoms with E-state index in [0.717, 1.165) is 22.5 Å². The molecule has 0 bridgehead atoms. The molecule has 4 aromatic rings. The molecular formula is C29H27F3N3NaO5. The van der Waals surface area contributed by atoms with Gasteiger partial charge in [0.25, 0.3) is 0 Å². The van der Waals surface area contributed by atoms with Crippen molar-refractivity contribution in [3.8, 4) is 22.9 Å². The minimum absolute atomic E-state index is 0. The number of fused-ring (bicyclic) bond motifs is 3. The normalized spacial score (nSPS) is 17.2. The number of alkyl halides is 3. The van der Waals surface area contributed by atoms with E-state index in [1.807, 2.05) is 47.9 Å². The predicted molar refractivity (Wildman–Crippen MR) is 141 cm³/mol. The van der Waals surface area contributed by atoms with Crippen LogP contribution in [-0.2, 0) is 16.0 Å². The van der Waals surface area contributed by atoms with Gasteiger partial charge < -0.3 is 25.7 Å². The van der Waals surface area contributed by atoms with Crippen LogP contribution in [0.2, 0.25) is 0 Å². The number of benzene rings is 3. The second kappa shape index (κ2) is 11.5. The first-order valence-corrected chi connectivity index (χ1v) is 12.9. The Morgan fingerprint density at radius 3 is 2.68 bits per heavy atom. The maximum atomic E-state index is 12.8. The molecule has 6 rings (SSSR count). The Balaban J connectivity index is 0.00000202. The molecule has 0 fully saturated rings. The maximum Gasteiger partial charge on any atom is 1.00 e. The van der Waals surface area contributed by atoms with E-state index in [-0.39, 0.29) is 55.4 Å². The van der Waals surface area contributed by atoms with Crippen LogP contribution in [0.3, 0.4) is 0 Å². The quantitative estimate of drug-likeness (QED) is 0.267. The molecule has 8 nitrogen and oxygen atoms in total. The molecule has 1 N–H and O–H groups in total. The molecule has 0 saturated heterocycles. The number of imidazole rings is 1. The topological polar surface area (TPSA) is 83.8 Å². The van der Waals surface area contributed by atoms with Crippen molar-refractivity contribution >= 4 is 22.7 Å². The maximum absolute atomic E-state index is 12.8. The molecule has 2 atom stereocenters. The van der Waals surface area contributed by atoms with Crippen LogP contribution in [0.1, 0.15) is 44.4 Å². The molecule has 0 saturated carbocycles. The molecule has 0 unspecified atom stereocenters. The second-order valence-corrected chi connectivity index (χ2v) is 9.61. The summed E-state index contributed by atoms with van der Waals surface area (Å²) in [7, 11) is 0. The Morgan fingerprint density at radius 1 is 1.12 bits per heavy atom. The number of carbonyl (C=O) groups excluding carboxylic acids is 1. The van der Waals surface area contributed by atoms with Gasteiger partial charge in [0.05, 0.1) is 17.2 Å². The van der Waals surface area contributed by atoms with Gasteiger partial charge in [0, 0.05) is 36.2 Å². The molecule has 210 valence electrons. The van der Waals surface area contributed by atoms with Crippen LogP contribution in [0.5, 0.6) is 17.2 Å². The van der Waals surface area contributed by atoms with Crippen LogP contribution in [0.25, 0.3) is 16.7 Å². The number of esters is 1. The van der Waals surface area contributed by atoms with Gasteiger partial charge in [0.15, 0.2) is 12.7 Å². The van der Waals surface area contributed by atoms with Gasteiger partial charge >= 0.3 is 41.7 Å². The molecule has 3 aromatic carbocycles. The van der Waals surface area contributed by atoms with Crippen molar-refractivity contribution in [3.05, 3.63) is 71.5 Å². The van der Waals surface area contributed by atoms with Crippen LogP contribution in [-0.4, -0.2) is 41.5 Å². The fourth-order valence-corrected chi connectivity index (χ4v) is 5.20. The smallest absolute Gasteiger partial charge is 1.00 e. The molecule has 2 aliphatic rings. The van der Waals surface area contributed by atoms with Crippen LogP contribution in [0.15, 0.2) is 54.6 Å². The Kier molecular flexibility index (Phi) is 8.13. The van der Waals surface area contributed by atoms with Gasteiger partial charge in [0.2, 0.25) is 0 Å². The second-order valence-electron chi connectivity index (χ2n) is 9.61. The molecule has 3 heterocycles. The van der Waals surface area contributed by atoms with Crippen LogP contribution in [0, 0.1) is 0 Å². The third kappa shape index (κ3) is 5.71. The van der Waals surface area contributed by atoms with Crippen molar-refractivity contribution in [1.82, 2.24) is 9.55 Å². The molecule has 2 aliphatic heterocycles. The van der Waals surface area contributed by atoms with E-state index < -0.39 is 18.9 Å². The first kappa shape index (κ1) is 29.1. The van der Waals surface area contributed by atoms with Crippen molar-refractivity contribution in [1.29, 1.82) is 0 Å². The molecule has 0 spiro atoms. The standard InChI is InChI=1S/C29H26F3N3O5.Na.H/c1-3-26-34-27-21(7-5-9-23(27)39-15-29(30,31)32)35(26)22-8-4-6-18-20(13-38-28(18)22)33-17-10-11-19-24(12-17)37-14-25(19)40-16(2)36;;/h4-12,20,25,33H,3,13-15H2,1-2H3;;/q;+1;-1/t20-,25-;;/m1../s1. The van der Waals surface area contributed by atoms with E-state index in [0.29, 0.717) is 41.4 Å². The van der Waals surface area contributed by atoms with Crippen molar-refractivity contribution in [2.75, 3.05) is 25.1 Å². The first-order valence-electron chi connectivity index (χ1n) is 12.9. The fraction of sp³-hybridized carbons (Fsp3) is 0.310. The van der Waals surface area contributed by atoms with E-state index in [1.54, 1.807) is 12.1 Å². The third-order valence-corrected chi connectivity index (χ3v) is 6.86. The van der Waals surface area contributed by atoms with E-state index >= 15 is 0 Å². The number of para-hydroxylation sites is 2. The number of halogens is 3. The Labute approximate surface area is 257 Å². The largest absolute Gasteiger partial charge is 1.00 e. The van der Waals surface area contributed by atoms with Crippen molar-refractivity contribution in [3.63, 3.8) is 0 Å². The van der Waals surface area contributed by atoms with Gasteiger partial charge in [-0.25, -0.2) is 4.98 Å². The monoisotopic (exact) mass is 577 g/mol. The molecular weight excluding hydrogens is 550 g/mol. The van der Waals surface area contributed by atoms with Crippen LogP contribution >= 0.6 is 0 Å². The van der Waals surface area contributed by atoms with Gasteiger partial charge in [-0.3, -0.25) is 9.36 Å². The Morgan fingerprint density at radius 2 is 1.93 bits per heavy atom. The molecule has 0 amide bonds. The molecule has 12 heteroatoms. The summed E-state index contributed by atoms with van der Waals surface area (Å²) in [5.74, 6) is 1.71. The number of aryl methyl sites for hydroxylation is 1. The Hall–Kier alpha value is -3.41. The van der Waals surface area contributed by atoms with Gasteiger partial charge in [-0.2, -0.15) is 13.2 Å². The molecule has 0 radical (unpaired) electrons. The summed E-state index contributed by atoms with van der Waals surface area (Å²) in [6.07, 6.45) is -4.33. The minimum Gasteiger partial charge on any atom is -1.00 e. The number of carbonyl (C=O) groups is 1. The number of hydrogen-bond acceptors (Lipinski definition) is 7. The SMILES string of the molecule is CCc1nc2c(OCC(F)(F)F)cccc2n1-c1cccc2c1OC[C@H]2Nc1ccc2c(c1)OC[C@H]2OC(C)=O.[H-].[Na+]. The zero-order valence-electron chi connectivity index (χ0n) is 23.7. The predicted octanol–water partition coefficient (Wildman–Crippen LogP) is 3.19. The zero-order chi connectivity index (χ0) is 28.0. The summed E-state index contributed by atoms with van der Waals surface area (Å²) in [6, 6.07) is 16.3. The third-order valence-electron chi connectivity index (χ3n) is 6.86. The average molecular weight is 578 g/mol. The minimum atomic E-state index is -4.45. The summed E-state index contributed by atoms with van der Waals surface area (Å²) < 4.78 is 62.7. The summed E-state index contributed by atoms with van der Waals surface area (Å²) in [6.45, 7) is 2.56. The van der Waals surface area contributed by atoms with E-state index in [4.69, 9.17) is 18.9 Å². The zero-order valence-corrected chi connectivity index (χ0v) is 24.7. The molecule has 41 heavy (non-hydrogen) atoms. The molecule has 1 aromatic heterocycles.